The van der Waals surface area contributed by atoms with Crippen LogP contribution < -0.4 is 14.4 Å². The number of amides is 1. The van der Waals surface area contributed by atoms with Gasteiger partial charge in [0.25, 0.3) is 11.6 Å². The number of ether oxygens (including phenoxy) is 2. The molecule has 0 N–H and O–H groups in total. The van der Waals surface area contributed by atoms with Crippen LogP contribution in [0.1, 0.15) is 44.1 Å². The van der Waals surface area contributed by atoms with E-state index in [1.54, 1.807) is 24.3 Å². The molecule has 8 nitrogen and oxygen atoms in total. The standard InChI is InChI=1S/C28H26N2O6S2/c1-35-23-11-16(12-24-25(31)29(27(37)38-24)20-3-5-21(6-4-20)30(33)34)2-7-22(23)36-26(32)28-13-17-8-18(14-28)10-19(9-17)15-28/h2-7,11-12,17-19H,8-10,13-15H2,1H3/b24-12-. The highest BCUT2D eigenvalue weighted by molar-refractivity contribution is 8.27. The number of rotatable bonds is 6. The first-order valence-corrected chi connectivity index (χ1v) is 13.9. The number of thioether (sulfide) groups is 1. The van der Waals surface area contributed by atoms with Crippen molar-refractivity contribution in [3.8, 4) is 11.5 Å². The largest absolute Gasteiger partial charge is 0.493 e. The molecule has 0 atom stereocenters. The summed E-state index contributed by atoms with van der Waals surface area (Å²) in [4.78, 5) is 38.8. The second-order valence-electron chi connectivity index (χ2n) is 10.8. The Balaban J connectivity index is 1.20. The fourth-order valence-electron chi connectivity index (χ4n) is 6.99. The Hall–Kier alpha value is -3.24. The zero-order valence-electron chi connectivity index (χ0n) is 20.8. The lowest BCUT2D eigenvalue weighted by Gasteiger charge is -2.55. The minimum Gasteiger partial charge on any atom is -0.493 e. The van der Waals surface area contributed by atoms with Gasteiger partial charge in [0.15, 0.2) is 15.8 Å². The fraction of sp³-hybridized carbons (Fsp3) is 0.393. The number of carbonyl (C=O) groups is 2. The van der Waals surface area contributed by atoms with Crippen molar-refractivity contribution < 1.29 is 24.0 Å². The van der Waals surface area contributed by atoms with Crippen LogP contribution in [-0.4, -0.2) is 28.2 Å². The molecule has 5 aliphatic rings. The summed E-state index contributed by atoms with van der Waals surface area (Å²) in [6.07, 6.45) is 8.24. The van der Waals surface area contributed by atoms with Crippen LogP contribution in [0, 0.1) is 33.3 Å². The zero-order valence-corrected chi connectivity index (χ0v) is 22.4. The number of hydrogen-bond acceptors (Lipinski definition) is 8. The molecule has 0 aromatic heterocycles. The molecule has 10 heteroatoms. The van der Waals surface area contributed by atoms with Gasteiger partial charge in [0.2, 0.25) is 0 Å². The molecule has 196 valence electrons. The monoisotopic (exact) mass is 550 g/mol. The normalized spacial score (nSPS) is 28.7. The molecular weight excluding hydrogens is 524 g/mol. The molecular formula is C28H26N2O6S2. The first kappa shape index (κ1) is 25.1. The predicted octanol–water partition coefficient (Wildman–Crippen LogP) is 6.13. The quantitative estimate of drug-likeness (QED) is 0.106. The van der Waals surface area contributed by atoms with Crippen LogP contribution in [0.15, 0.2) is 47.4 Å². The molecule has 38 heavy (non-hydrogen) atoms. The lowest BCUT2D eigenvalue weighted by molar-refractivity contribution is -0.384. The summed E-state index contributed by atoms with van der Waals surface area (Å²) in [6, 6.07) is 10.9. The SMILES string of the molecule is COc1cc(/C=C2\SC(=S)N(c3ccc([N+](=O)[O-])cc3)C2=O)ccc1OC(=O)C12CC3CC(CC(C3)C1)C2. The lowest BCUT2D eigenvalue weighted by atomic mass is 9.49. The van der Waals surface area contributed by atoms with Crippen molar-refractivity contribution in [2.24, 2.45) is 23.2 Å². The third-order valence-corrected chi connectivity index (χ3v) is 9.57. The van der Waals surface area contributed by atoms with E-state index in [1.807, 2.05) is 0 Å². The highest BCUT2D eigenvalue weighted by atomic mass is 32.2. The molecule has 1 aliphatic heterocycles. The first-order chi connectivity index (χ1) is 18.2. The molecule has 7 rings (SSSR count). The number of thiocarbonyl (C=S) groups is 1. The number of nitrogens with zero attached hydrogens (tertiary/aromatic N) is 2. The van der Waals surface area contributed by atoms with Gasteiger partial charge in [-0.3, -0.25) is 24.6 Å². The number of methoxy groups -OCH3 is 1. The van der Waals surface area contributed by atoms with Crippen LogP contribution in [-0.2, 0) is 9.59 Å². The van der Waals surface area contributed by atoms with Crippen molar-refractivity contribution >= 4 is 57.6 Å². The summed E-state index contributed by atoms with van der Waals surface area (Å²) in [5, 5.41) is 10.9. The Morgan fingerprint density at radius 2 is 1.71 bits per heavy atom. The summed E-state index contributed by atoms with van der Waals surface area (Å²) in [7, 11) is 1.52. The van der Waals surface area contributed by atoms with Crippen LogP contribution in [0.25, 0.3) is 6.08 Å². The average molecular weight is 551 g/mol. The van der Waals surface area contributed by atoms with E-state index in [0.717, 1.165) is 31.0 Å². The molecule has 2 aromatic rings. The van der Waals surface area contributed by atoms with Gasteiger partial charge in [-0.1, -0.05) is 30.0 Å². The summed E-state index contributed by atoms with van der Waals surface area (Å²) in [5.41, 5.74) is 0.724. The molecule has 1 heterocycles. The molecule has 2 aromatic carbocycles. The Bertz CT molecular complexity index is 1350. The Kier molecular flexibility index (Phi) is 6.26. The molecule has 5 fully saturated rings. The summed E-state index contributed by atoms with van der Waals surface area (Å²) in [6.45, 7) is 0. The maximum Gasteiger partial charge on any atom is 0.317 e. The van der Waals surface area contributed by atoms with Gasteiger partial charge in [0, 0.05) is 12.1 Å². The van der Waals surface area contributed by atoms with Crippen molar-refractivity contribution in [3.63, 3.8) is 0 Å². The van der Waals surface area contributed by atoms with Crippen molar-refractivity contribution in [2.75, 3.05) is 12.0 Å². The number of anilines is 1. The van der Waals surface area contributed by atoms with Crippen LogP contribution in [0.3, 0.4) is 0 Å². The molecule has 0 unspecified atom stereocenters. The van der Waals surface area contributed by atoms with Gasteiger partial charge < -0.3 is 9.47 Å². The smallest absolute Gasteiger partial charge is 0.317 e. The zero-order chi connectivity index (χ0) is 26.6. The van der Waals surface area contributed by atoms with E-state index in [1.165, 1.54) is 55.5 Å². The fourth-order valence-corrected chi connectivity index (χ4v) is 8.29. The molecule has 1 saturated heterocycles. The van der Waals surface area contributed by atoms with Gasteiger partial charge in [0.1, 0.15) is 0 Å². The van der Waals surface area contributed by atoms with Gasteiger partial charge >= 0.3 is 5.97 Å². The maximum absolute atomic E-state index is 13.4. The Labute approximate surface area is 229 Å². The lowest BCUT2D eigenvalue weighted by Crippen LogP contribution is -2.51. The number of esters is 1. The van der Waals surface area contributed by atoms with E-state index in [-0.39, 0.29) is 23.0 Å². The van der Waals surface area contributed by atoms with E-state index in [0.29, 0.717) is 49.7 Å². The van der Waals surface area contributed by atoms with E-state index in [9.17, 15) is 19.7 Å². The van der Waals surface area contributed by atoms with Crippen LogP contribution in [0.4, 0.5) is 11.4 Å². The van der Waals surface area contributed by atoms with Crippen molar-refractivity contribution in [2.45, 2.75) is 38.5 Å². The molecule has 1 amide bonds. The summed E-state index contributed by atoms with van der Waals surface area (Å²) >= 11 is 6.56. The predicted molar refractivity (Wildman–Crippen MR) is 148 cm³/mol. The van der Waals surface area contributed by atoms with Crippen molar-refractivity contribution in [1.29, 1.82) is 0 Å². The molecule has 4 bridgehead atoms. The van der Waals surface area contributed by atoms with Gasteiger partial charge in [-0.2, -0.15) is 0 Å². The Morgan fingerprint density at radius 1 is 1.08 bits per heavy atom. The molecule has 4 aliphatic carbocycles. The number of carbonyl (C=O) groups excluding carboxylic acids is 2. The van der Waals surface area contributed by atoms with Crippen molar-refractivity contribution in [1.82, 2.24) is 0 Å². The third kappa shape index (κ3) is 4.39. The van der Waals surface area contributed by atoms with E-state index < -0.39 is 4.92 Å². The van der Waals surface area contributed by atoms with E-state index >= 15 is 0 Å². The topological polar surface area (TPSA) is 99.0 Å². The molecule has 0 radical (unpaired) electrons. The van der Waals surface area contributed by atoms with Gasteiger partial charge in [-0.05, 0) is 92.2 Å². The first-order valence-electron chi connectivity index (χ1n) is 12.7. The highest BCUT2D eigenvalue weighted by Gasteiger charge is 2.55. The van der Waals surface area contributed by atoms with Gasteiger partial charge in [0.05, 0.1) is 28.0 Å². The van der Waals surface area contributed by atoms with Crippen LogP contribution in [0.2, 0.25) is 0 Å². The average Bonchev–Trinajstić information content (AvgIpc) is 3.16. The van der Waals surface area contributed by atoms with Gasteiger partial charge in [-0.25, -0.2) is 0 Å². The minimum atomic E-state index is -0.495. The number of nitro benzene ring substituents is 1. The molecule has 4 saturated carbocycles. The second-order valence-corrected chi connectivity index (χ2v) is 12.5. The Morgan fingerprint density at radius 3 is 2.29 bits per heavy atom. The maximum atomic E-state index is 13.4. The van der Waals surface area contributed by atoms with Gasteiger partial charge in [-0.15, -0.1) is 0 Å². The number of nitro groups is 1. The minimum absolute atomic E-state index is 0.0641. The number of benzene rings is 2. The van der Waals surface area contributed by atoms with E-state index in [4.69, 9.17) is 21.7 Å². The van der Waals surface area contributed by atoms with E-state index in [2.05, 4.69) is 0 Å². The third-order valence-electron chi connectivity index (χ3n) is 8.27. The van der Waals surface area contributed by atoms with Crippen LogP contribution >= 0.6 is 24.0 Å². The summed E-state index contributed by atoms with van der Waals surface area (Å²) in [5.74, 6) is 2.26. The van der Waals surface area contributed by atoms with Crippen LogP contribution in [0.5, 0.6) is 11.5 Å². The highest BCUT2D eigenvalue weighted by Crippen LogP contribution is 2.60. The second kappa shape index (κ2) is 9.50. The summed E-state index contributed by atoms with van der Waals surface area (Å²) < 4.78 is 11.8. The number of non-ortho nitro benzene ring substituents is 1. The number of hydrogen-bond donors (Lipinski definition) is 0. The molecule has 0 spiro atoms. The van der Waals surface area contributed by atoms with Crippen molar-refractivity contribution in [3.05, 3.63) is 63.0 Å².